The molecule has 2 bridgehead atoms. The molecule has 3 aliphatic rings. The van der Waals surface area contributed by atoms with Gasteiger partial charge in [-0.15, -0.1) is 0 Å². The number of ketones is 1. The lowest BCUT2D eigenvalue weighted by molar-refractivity contribution is -0.125. The number of hydrogen-bond donors (Lipinski definition) is 1. The van der Waals surface area contributed by atoms with Crippen molar-refractivity contribution in [3.63, 3.8) is 0 Å². The Morgan fingerprint density at radius 3 is 2.65 bits per heavy atom. The summed E-state index contributed by atoms with van der Waals surface area (Å²) in [5, 5.41) is 11.0. The van der Waals surface area contributed by atoms with Gasteiger partial charge in [0.25, 0.3) is 0 Å². The lowest BCUT2D eigenvalue weighted by Gasteiger charge is -2.58. The predicted molar refractivity (Wildman–Crippen MR) is 95.3 cm³/mol. The summed E-state index contributed by atoms with van der Waals surface area (Å²) in [7, 11) is 6.86. The lowest BCUT2D eigenvalue weighted by Crippen LogP contribution is -2.62. The van der Waals surface area contributed by atoms with E-state index in [1.807, 2.05) is 12.1 Å². The molecule has 1 aliphatic heterocycles. The van der Waals surface area contributed by atoms with Crippen molar-refractivity contribution in [3.05, 3.63) is 35.1 Å². The van der Waals surface area contributed by atoms with Crippen molar-refractivity contribution in [1.82, 2.24) is 4.90 Å². The maximum absolute atomic E-state index is 12.7. The Bertz CT molecular complexity index is 789. The number of allylic oxidation sites excluding steroid dienone is 1. The third-order valence-corrected chi connectivity index (χ3v) is 6.49. The minimum absolute atomic E-state index is 0.0175. The summed E-state index contributed by atoms with van der Waals surface area (Å²) in [6.07, 6.45) is 2.85. The number of likely N-dealkylation sites (N-methyl/N-ethyl adjacent to an activating group) is 1. The first-order chi connectivity index (χ1) is 12.5. The van der Waals surface area contributed by atoms with Gasteiger partial charge in [0, 0.05) is 36.5 Å². The van der Waals surface area contributed by atoms with Gasteiger partial charge in [-0.3, -0.25) is 9.69 Å². The number of Topliss-reactive ketones (excluding diaryl/α,β-unsaturated/α-hetero) is 1. The third kappa shape index (κ3) is 2.09. The number of nitrogens with zero attached hydrogens (tertiary/aromatic N) is 1. The van der Waals surface area contributed by atoms with E-state index >= 15 is 0 Å². The zero-order valence-electron chi connectivity index (χ0n) is 15.6. The maximum atomic E-state index is 12.7. The highest BCUT2D eigenvalue weighted by Gasteiger charge is 2.59. The minimum Gasteiger partial charge on any atom is -0.504 e. The summed E-state index contributed by atoms with van der Waals surface area (Å²) in [4.78, 5) is 15.0. The number of likely N-dealkylation sites (tertiary alicyclic amines) is 1. The van der Waals surface area contributed by atoms with Gasteiger partial charge in [-0.2, -0.15) is 0 Å². The molecule has 1 fully saturated rings. The molecule has 26 heavy (non-hydrogen) atoms. The zero-order chi connectivity index (χ0) is 18.6. The highest BCUT2D eigenvalue weighted by molar-refractivity contribution is 5.96. The standard InChI is InChI=1S/C20H25NO5/c1-21-8-7-20-10-13(22)15(25-3)9-12(20)17(21)19(26-4)11-5-6-14(24-2)18(23)16(11)20/h5-6,9,12,17,19,23H,7-8,10H2,1-4H3/t12?,17-,19-,20-/m1/s1. The molecule has 2 aliphatic carbocycles. The summed E-state index contributed by atoms with van der Waals surface area (Å²) in [6, 6.07) is 3.81. The van der Waals surface area contributed by atoms with Gasteiger partial charge in [0.2, 0.25) is 0 Å². The second-order valence-corrected chi connectivity index (χ2v) is 7.48. The van der Waals surface area contributed by atoms with Gasteiger partial charge in [-0.1, -0.05) is 6.07 Å². The van der Waals surface area contributed by atoms with Gasteiger partial charge in [0.15, 0.2) is 23.0 Å². The number of benzene rings is 1. The number of carbonyl (C=O) groups excluding carboxylic acids is 1. The van der Waals surface area contributed by atoms with E-state index in [-0.39, 0.29) is 29.6 Å². The quantitative estimate of drug-likeness (QED) is 0.892. The van der Waals surface area contributed by atoms with E-state index in [0.717, 1.165) is 24.1 Å². The van der Waals surface area contributed by atoms with Crippen molar-refractivity contribution in [1.29, 1.82) is 0 Å². The molecule has 1 saturated heterocycles. The molecule has 6 nitrogen and oxygen atoms in total. The fourth-order valence-corrected chi connectivity index (χ4v) is 5.33. The number of fused-ring (bicyclic) bond motifs is 1. The van der Waals surface area contributed by atoms with Gasteiger partial charge >= 0.3 is 0 Å². The Labute approximate surface area is 153 Å². The van der Waals surface area contributed by atoms with Crippen LogP contribution < -0.4 is 4.74 Å². The second kappa shape index (κ2) is 5.99. The van der Waals surface area contributed by atoms with Crippen LogP contribution in [0.15, 0.2) is 24.0 Å². The number of rotatable bonds is 3. The number of hydrogen-bond acceptors (Lipinski definition) is 6. The molecule has 4 rings (SSSR count). The molecule has 1 aromatic rings. The summed E-state index contributed by atoms with van der Waals surface area (Å²) in [5.41, 5.74) is 1.29. The second-order valence-electron chi connectivity index (χ2n) is 7.48. The van der Waals surface area contributed by atoms with Crippen LogP contribution in [0.1, 0.15) is 30.1 Å². The molecule has 0 spiro atoms. The van der Waals surface area contributed by atoms with Crippen LogP contribution in [0.2, 0.25) is 0 Å². The van der Waals surface area contributed by atoms with E-state index in [0.29, 0.717) is 17.9 Å². The van der Waals surface area contributed by atoms with Gasteiger partial charge < -0.3 is 19.3 Å². The van der Waals surface area contributed by atoms with Gasteiger partial charge in [0.05, 0.1) is 20.3 Å². The van der Waals surface area contributed by atoms with E-state index in [9.17, 15) is 9.90 Å². The van der Waals surface area contributed by atoms with E-state index in [2.05, 4.69) is 11.9 Å². The monoisotopic (exact) mass is 359 g/mol. The van der Waals surface area contributed by atoms with E-state index < -0.39 is 5.41 Å². The van der Waals surface area contributed by atoms with Crippen molar-refractivity contribution in [2.45, 2.75) is 30.4 Å². The van der Waals surface area contributed by atoms with Crippen LogP contribution in [-0.2, 0) is 19.7 Å². The average Bonchev–Trinajstić information content (AvgIpc) is 2.63. The smallest absolute Gasteiger partial charge is 0.197 e. The largest absolute Gasteiger partial charge is 0.504 e. The molecule has 0 amide bonds. The topological polar surface area (TPSA) is 68.2 Å². The highest BCUT2D eigenvalue weighted by atomic mass is 16.5. The third-order valence-electron chi connectivity index (χ3n) is 6.49. The molecular weight excluding hydrogens is 334 g/mol. The van der Waals surface area contributed by atoms with Gasteiger partial charge in [-0.25, -0.2) is 0 Å². The molecule has 4 atom stereocenters. The predicted octanol–water partition coefficient (Wildman–Crippen LogP) is 2.16. The van der Waals surface area contributed by atoms with Crippen LogP contribution >= 0.6 is 0 Å². The van der Waals surface area contributed by atoms with Crippen LogP contribution in [-0.4, -0.2) is 56.8 Å². The first-order valence-electron chi connectivity index (χ1n) is 8.91. The zero-order valence-corrected chi connectivity index (χ0v) is 15.6. The number of piperidine rings is 1. The fourth-order valence-electron chi connectivity index (χ4n) is 5.33. The summed E-state index contributed by atoms with van der Waals surface area (Å²) < 4.78 is 16.6. The van der Waals surface area contributed by atoms with E-state index in [4.69, 9.17) is 14.2 Å². The molecule has 0 aromatic heterocycles. The number of ether oxygens (including phenoxy) is 3. The summed E-state index contributed by atoms with van der Waals surface area (Å²) in [5.74, 6) is 0.965. The SMILES string of the molecule is COC1=CC2[C@@H]3[C@H](OC)c4ccc(OC)c(O)c4[C@]2(CCN3C)CC1=O. The van der Waals surface area contributed by atoms with Crippen molar-refractivity contribution >= 4 is 5.78 Å². The number of aromatic hydroxyl groups is 1. The molecule has 1 N–H and O–H groups in total. The number of phenols is 1. The maximum Gasteiger partial charge on any atom is 0.197 e. The Balaban J connectivity index is 2.03. The first kappa shape index (κ1) is 17.4. The van der Waals surface area contributed by atoms with Gasteiger partial charge in [0.1, 0.15) is 0 Å². The van der Waals surface area contributed by atoms with Crippen molar-refractivity contribution in [3.8, 4) is 11.5 Å². The van der Waals surface area contributed by atoms with Crippen LogP contribution in [0.25, 0.3) is 0 Å². The van der Waals surface area contributed by atoms with E-state index in [1.54, 1.807) is 20.3 Å². The number of phenolic OH excluding ortho intramolecular Hbond substituents is 1. The highest BCUT2D eigenvalue weighted by Crippen LogP contribution is 2.60. The fraction of sp³-hybridized carbons (Fsp3) is 0.550. The average molecular weight is 359 g/mol. The molecular formula is C20H25NO5. The van der Waals surface area contributed by atoms with Crippen molar-refractivity contribution in [2.24, 2.45) is 5.92 Å². The molecule has 140 valence electrons. The molecule has 0 radical (unpaired) electrons. The van der Waals surface area contributed by atoms with Crippen molar-refractivity contribution in [2.75, 3.05) is 34.9 Å². The Kier molecular flexibility index (Phi) is 4.00. The van der Waals surface area contributed by atoms with Crippen LogP contribution in [0, 0.1) is 5.92 Å². The summed E-state index contributed by atoms with van der Waals surface area (Å²) in [6.45, 7) is 0.834. The van der Waals surface area contributed by atoms with Crippen LogP contribution in [0.3, 0.4) is 0 Å². The summed E-state index contributed by atoms with van der Waals surface area (Å²) >= 11 is 0. The Morgan fingerprint density at radius 1 is 1.23 bits per heavy atom. The Morgan fingerprint density at radius 2 is 2.00 bits per heavy atom. The minimum atomic E-state index is -0.459. The normalized spacial score (nSPS) is 33.2. The molecule has 1 aromatic carbocycles. The van der Waals surface area contributed by atoms with Crippen LogP contribution in [0.5, 0.6) is 11.5 Å². The molecule has 6 heteroatoms. The molecule has 1 unspecified atom stereocenters. The first-order valence-corrected chi connectivity index (χ1v) is 8.91. The molecule has 1 heterocycles. The van der Waals surface area contributed by atoms with Crippen LogP contribution in [0.4, 0.5) is 0 Å². The Hall–Kier alpha value is -2.05. The van der Waals surface area contributed by atoms with E-state index in [1.165, 1.54) is 7.11 Å². The van der Waals surface area contributed by atoms with Crippen molar-refractivity contribution < 1.29 is 24.1 Å². The number of methoxy groups -OCH3 is 3. The lowest BCUT2D eigenvalue weighted by atomic mass is 9.52. The molecule has 0 saturated carbocycles. The van der Waals surface area contributed by atoms with Gasteiger partial charge in [-0.05, 0) is 37.7 Å². The number of carbonyl (C=O) groups is 1.